The van der Waals surface area contributed by atoms with Gasteiger partial charge in [-0.3, -0.25) is 14.4 Å². The van der Waals surface area contributed by atoms with Crippen molar-refractivity contribution in [3.63, 3.8) is 0 Å². The number of carbonyl (C=O) groups excluding carboxylic acids is 3. The predicted octanol–water partition coefficient (Wildman–Crippen LogP) is 16.8. The number of esters is 3. The van der Waals surface area contributed by atoms with Crippen LogP contribution in [0.1, 0.15) is 297 Å². The summed E-state index contributed by atoms with van der Waals surface area (Å²) in [5, 5.41) is 0. The second-order valence-corrected chi connectivity index (χ2v) is 17.8. The zero-order valence-corrected chi connectivity index (χ0v) is 39.3. The van der Waals surface area contributed by atoms with Gasteiger partial charge in [0.2, 0.25) is 0 Å². The molecule has 0 saturated carbocycles. The zero-order chi connectivity index (χ0) is 42.3. The van der Waals surface area contributed by atoms with Crippen LogP contribution in [0.25, 0.3) is 0 Å². The van der Waals surface area contributed by atoms with Crippen molar-refractivity contribution in [2.45, 2.75) is 303 Å². The predicted molar refractivity (Wildman–Crippen MR) is 247 cm³/mol. The van der Waals surface area contributed by atoms with Crippen LogP contribution in [0, 0.1) is 0 Å². The lowest BCUT2D eigenvalue weighted by Crippen LogP contribution is -2.30. The van der Waals surface area contributed by atoms with E-state index < -0.39 is 6.10 Å². The van der Waals surface area contributed by atoms with Crippen LogP contribution in [0.3, 0.4) is 0 Å². The molecule has 0 aliphatic rings. The SMILES string of the molecule is CCCCCCCCCCCCCCCCCCCCCC(=O)O[C@H](COC(=O)CCCCCCCCCCC)COC(=O)CCCCCCCCCCCCCC. The van der Waals surface area contributed by atoms with E-state index in [1.54, 1.807) is 0 Å². The molecule has 0 rings (SSSR count). The van der Waals surface area contributed by atoms with Gasteiger partial charge in [0.05, 0.1) is 0 Å². The Bertz CT molecular complexity index is 859. The summed E-state index contributed by atoms with van der Waals surface area (Å²) in [5.74, 6) is -0.845. The van der Waals surface area contributed by atoms with Gasteiger partial charge in [-0.1, -0.05) is 258 Å². The summed E-state index contributed by atoms with van der Waals surface area (Å²) >= 11 is 0. The molecule has 58 heavy (non-hydrogen) atoms. The molecule has 0 fully saturated rings. The van der Waals surface area contributed by atoms with Gasteiger partial charge in [0.1, 0.15) is 13.2 Å². The largest absolute Gasteiger partial charge is 0.462 e. The molecular weight excluding hydrogens is 721 g/mol. The van der Waals surface area contributed by atoms with E-state index in [1.807, 2.05) is 0 Å². The summed E-state index contributed by atoms with van der Waals surface area (Å²) < 4.78 is 16.8. The van der Waals surface area contributed by atoms with Crippen molar-refractivity contribution in [2.75, 3.05) is 13.2 Å². The lowest BCUT2D eigenvalue weighted by molar-refractivity contribution is -0.167. The first kappa shape index (κ1) is 56.4. The maximum Gasteiger partial charge on any atom is 0.306 e. The highest BCUT2D eigenvalue weighted by Crippen LogP contribution is 2.17. The molecule has 0 aromatic rings. The van der Waals surface area contributed by atoms with E-state index in [0.717, 1.165) is 57.8 Å². The minimum Gasteiger partial charge on any atom is -0.462 e. The molecule has 0 aliphatic heterocycles. The number of unbranched alkanes of at least 4 members (excludes halogenated alkanes) is 37. The maximum absolute atomic E-state index is 12.8. The fourth-order valence-corrected chi connectivity index (χ4v) is 7.92. The molecule has 6 nitrogen and oxygen atoms in total. The molecule has 0 radical (unpaired) electrons. The first-order valence-electron chi connectivity index (χ1n) is 26.0. The van der Waals surface area contributed by atoms with Crippen LogP contribution in [0.15, 0.2) is 0 Å². The molecule has 0 aromatic heterocycles. The summed E-state index contributed by atoms with van der Waals surface area (Å²) in [4.78, 5) is 37.8. The van der Waals surface area contributed by atoms with Crippen molar-refractivity contribution >= 4 is 17.9 Å². The second kappa shape index (κ2) is 48.1. The molecule has 0 heterocycles. The summed E-state index contributed by atoms with van der Waals surface area (Å²) in [6, 6.07) is 0. The summed E-state index contributed by atoms with van der Waals surface area (Å²) in [5.41, 5.74) is 0. The molecule has 6 heteroatoms. The third kappa shape index (κ3) is 45.5. The highest BCUT2D eigenvalue weighted by Gasteiger charge is 2.19. The average Bonchev–Trinajstić information content (AvgIpc) is 3.22. The van der Waals surface area contributed by atoms with Gasteiger partial charge in [0.15, 0.2) is 6.10 Å². The smallest absolute Gasteiger partial charge is 0.306 e. The van der Waals surface area contributed by atoms with E-state index in [2.05, 4.69) is 20.8 Å². The van der Waals surface area contributed by atoms with E-state index in [0.29, 0.717) is 19.3 Å². The van der Waals surface area contributed by atoms with Gasteiger partial charge >= 0.3 is 17.9 Å². The minimum absolute atomic E-state index is 0.0622. The van der Waals surface area contributed by atoms with Crippen molar-refractivity contribution in [3.05, 3.63) is 0 Å². The highest BCUT2D eigenvalue weighted by molar-refractivity contribution is 5.71. The van der Waals surface area contributed by atoms with Gasteiger partial charge in [0.25, 0.3) is 0 Å². The molecule has 0 unspecified atom stereocenters. The van der Waals surface area contributed by atoms with Crippen molar-refractivity contribution in [3.8, 4) is 0 Å². The fraction of sp³-hybridized carbons (Fsp3) is 0.942. The lowest BCUT2D eigenvalue weighted by Gasteiger charge is -2.18. The quantitative estimate of drug-likeness (QED) is 0.0346. The molecule has 0 bridgehead atoms. The van der Waals surface area contributed by atoms with Gasteiger partial charge in [-0.15, -0.1) is 0 Å². The Hall–Kier alpha value is -1.59. The van der Waals surface area contributed by atoms with Crippen molar-refractivity contribution in [1.29, 1.82) is 0 Å². The first-order chi connectivity index (χ1) is 28.5. The van der Waals surface area contributed by atoms with Crippen LogP contribution in [0.5, 0.6) is 0 Å². The molecule has 0 aromatic carbocycles. The van der Waals surface area contributed by atoms with E-state index >= 15 is 0 Å². The van der Waals surface area contributed by atoms with Gasteiger partial charge in [0, 0.05) is 19.3 Å². The Morgan fingerprint density at radius 2 is 0.466 bits per heavy atom. The third-order valence-corrected chi connectivity index (χ3v) is 11.9. The van der Waals surface area contributed by atoms with Gasteiger partial charge < -0.3 is 14.2 Å². The standard InChI is InChI=1S/C52H100O6/c1-4-7-10-13-16-19-21-23-24-25-26-27-28-29-31-34-37-40-43-46-52(55)58-49(47-56-50(53)44-41-38-35-32-18-15-12-9-6-3)48-57-51(54)45-42-39-36-33-30-22-20-17-14-11-8-5-2/h49H,4-48H2,1-3H3/t49-/m1/s1. The van der Waals surface area contributed by atoms with Crippen LogP contribution in [0.4, 0.5) is 0 Å². The molecular formula is C52H100O6. The van der Waals surface area contributed by atoms with Crippen LogP contribution in [0.2, 0.25) is 0 Å². The third-order valence-electron chi connectivity index (χ3n) is 11.9. The van der Waals surface area contributed by atoms with Crippen LogP contribution in [-0.4, -0.2) is 37.2 Å². The number of carbonyl (C=O) groups is 3. The van der Waals surface area contributed by atoms with Gasteiger partial charge in [-0.05, 0) is 19.3 Å². The molecule has 0 N–H and O–H groups in total. The van der Waals surface area contributed by atoms with Gasteiger partial charge in [-0.2, -0.15) is 0 Å². The summed E-state index contributed by atoms with van der Waals surface area (Å²) in [7, 11) is 0. The van der Waals surface area contributed by atoms with Crippen LogP contribution in [-0.2, 0) is 28.6 Å². The Morgan fingerprint density at radius 3 is 0.690 bits per heavy atom. The average molecular weight is 821 g/mol. The Balaban J connectivity index is 4.22. The number of hydrogen-bond donors (Lipinski definition) is 0. The van der Waals surface area contributed by atoms with Crippen LogP contribution >= 0.6 is 0 Å². The summed E-state index contributed by atoms with van der Waals surface area (Å²) in [6.45, 7) is 6.66. The number of ether oxygens (including phenoxy) is 3. The minimum atomic E-state index is -0.759. The Labute approximate surface area is 361 Å². The number of rotatable bonds is 48. The summed E-state index contributed by atoms with van der Waals surface area (Å²) in [6.07, 6.45) is 50.9. The molecule has 0 spiro atoms. The van der Waals surface area contributed by atoms with Gasteiger partial charge in [-0.25, -0.2) is 0 Å². The lowest BCUT2D eigenvalue weighted by atomic mass is 10.0. The molecule has 344 valence electrons. The van der Waals surface area contributed by atoms with E-state index in [9.17, 15) is 14.4 Å². The van der Waals surface area contributed by atoms with Crippen molar-refractivity contribution in [1.82, 2.24) is 0 Å². The van der Waals surface area contributed by atoms with Crippen molar-refractivity contribution < 1.29 is 28.6 Å². The van der Waals surface area contributed by atoms with E-state index in [1.165, 1.54) is 199 Å². The monoisotopic (exact) mass is 821 g/mol. The molecule has 1 atom stereocenters. The number of hydrogen-bond acceptors (Lipinski definition) is 6. The molecule has 0 aliphatic carbocycles. The Morgan fingerprint density at radius 1 is 0.276 bits per heavy atom. The van der Waals surface area contributed by atoms with Crippen LogP contribution < -0.4 is 0 Å². The maximum atomic E-state index is 12.8. The topological polar surface area (TPSA) is 78.9 Å². The molecule has 0 saturated heterocycles. The second-order valence-electron chi connectivity index (χ2n) is 17.8. The van der Waals surface area contributed by atoms with Crippen molar-refractivity contribution in [2.24, 2.45) is 0 Å². The Kier molecular flexibility index (Phi) is 46.8. The highest BCUT2D eigenvalue weighted by atomic mass is 16.6. The van der Waals surface area contributed by atoms with E-state index in [4.69, 9.17) is 14.2 Å². The fourth-order valence-electron chi connectivity index (χ4n) is 7.92. The first-order valence-corrected chi connectivity index (χ1v) is 26.0. The molecule has 0 amide bonds. The normalized spacial score (nSPS) is 11.8. The van der Waals surface area contributed by atoms with E-state index in [-0.39, 0.29) is 31.1 Å². The zero-order valence-electron chi connectivity index (χ0n) is 39.3.